The van der Waals surface area contributed by atoms with E-state index in [4.69, 9.17) is 0 Å². The molecule has 0 fully saturated rings. The van der Waals surface area contributed by atoms with Crippen LogP contribution >= 0.6 is 6.04 Å². The van der Waals surface area contributed by atoms with Gasteiger partial charge in [-0.3, -0.25) is 0 Å². The Morgan fingerprint density at radius 3 is 0.850 bits per heavy atom. The Labute approximate surface area is 126 Å². The molecule has 0 aromatic heterocycles. The Bertz CT molecular complexity index is 339. The monoisotopic (exact) mass is 348 g/mol. The normalized spacial score (nSPS) is 16.4. The third kappa shape index (κ3) is 2.55. The first kappa shape index (κ1) is 19.9. The minimum absolute atomic E-state index is 0.244. The van der Waals surface area contributed by atoms with E-state index >= 15 is 0 Å². The maximum absolute atomic E-state index is 11.9. The summed E-state index contributed by atoms with van der Waals surface area (Å²) in [6.07, 6.45) is 0. The molecule has 0 radical (unpaired) electrons. The van der Waals surface area contributed by atoms with Crippen LogP contribution in [0.2, 0.25) is 0 Å². The van der Waals surface area contributed by atoms with Crippen LogP contribution in [-0.2, 0) is 26.3 Å². The Morgan fingerprint density at radius 2 is 0.800 bits per heavy atom. The van der Waals surface area contributed by atoms with E-state index in [1.165, 1.54) is 0 Å². The third-order valence-electron chi connectivity index (χ3n) is 3.74. The zero-order valence-corrected chi connectivity index (χ0v) is 16.3. The number of carbonyl (C=O) groups excluding carboxylic acids is 3. The van der Waals surface area contributed by atoms with E-state index in [1.807, 2.05) is 0 Å². The number of hydrogen-bond acceptors (Lipinski definition) is 3. The third-order valence-corrected chi connectivity index (χ3v) is 23.1. The molecule has 3 nitrogen and oxygen atoms in total. The standard InChI is InChI=1S/C12H27P.3CHO.Ni/c1-10(2,3)13(11(4,5)6)12(7,8)9;3*1-2;/h1-9H3;3*1H;/q;;;;-1/p+1. The van der Waals surface area contributed by atoms with Crippen molar-refractivity contribution >= 4 is 21.8 Å². The Kier molecular flexibility index (Phi) is 5.60. The quantitative estimate of drug-likeness (QED) is 0.441. The van der Waals surface area contributed by atoms with Gasteiger partial charge in [-0.2, -0.15) is 0 Å². The fraction of sp³-hybridized carbons (Fsp3) is 0.800. The fourth-order valence-corrected chi connectivity index (χ4v) is 27.7. The molecule has 0 aromatic rings. The molecule has 5 heteroatoms. The molecular formula is C15H31NiO3P. The number of carbonyl (C=O) groups is 3. The van der Waals surface area contributed by atoms with E-state index in [1.54, 1.807) is 0 Å². The molecule has 0 heterocycles. The number of rotatable bonds is 4. The van der Waals surface area contributed by atoms with Crippen molar-refractivity contribution in [2.75, 3.05) is 0 Å². The van der Waals surface area contributed by atoms with Crippen LogP contribution in [0.25, 0.3) is 0 Å². The van der Waals surface area contributed by atoms with E-state index in [0.29, 0.717) is 15.8 Å². The summed E-state index contributed by atoms with van der Waals surface area (Å²) in [6.45, 7) is 18.7. The van der Waals surface area contributed by atoms with E-state index in [0.717, 1.165) is 0 Å². The van der Waals surface area contributed by atoms with Gasteiger partial charge in [0, 0.05) is 0 Å². The molecule has 0 aliphatic rings. The van der Waals surface area contributed by atoms with Gasteiger partial charge >= 0.3 is 126 Å². The van der Waals surface area contributed by atoms with E-state index in [9.17, 15) is 14.4 Å². The van der Waals surface area contributed by atoms with Gasteiger partial charge in [-0.1, -0.05) is 0 Å². The second kappa shape index (κ2) is 5.61. The van der Waals surface area contributed by atoms with Gasteiger partial charge in [0.15, 0.2) is 0 Å². The molecule has 124 valence electrons. The summed E-state index contributed by atoms with van der Waals surface area (Å²) in [5, 5.41) is 1.34. The van der Waals surface area contributed by atoms with E-state index < -0.39 is 18.0 Å². The summed E-state index contributed by atoms with van der Waals surface area (Å²) in [7, 11) is 0. The van der Waals surface area contributed by atoms with Crippen LogP contribution in [-0.4, -0.2) is 31.2 Å². The van der Waals surface area contributed by atoms with Crippen molar-refractivity contribution in [3.8, 4) is 0 Å². The van der Waals surface area contributed by atoms with Crippen molar-refractivity contribution in [1.82, 2.24) is 0 Å². The van der Waals surface area contributed by atoms with Gasteiger partial charge in [0.2, 0.25) is 0 Å². The van der Waals surface area contributed by atoms with Crippen LogP contribution in [0, 0.1) is 0 Å². The Hall–Kier alpha value is -0.0665. The second-order valence-corrected chi connectivity index (χ2v) is 20.9. The summed E-state index contributed by atoms with van der Waals surface area (Å²) in [6, 6.07) is -2.69. The average molecular weight is 349 g/mol. The topological polar surface area (TPSA) is 51.2 Å². The summed E-state index contributed by atoms with van der Waals surface area (Å²) in [4.78, 5) is 35.7. The molecule has 0 saturated carbocycles. The van der Waals surface area contributed by atoms with Gasteiger partial charge in [0.1, 0.15) is 0 Å². The number of hydrogen-bond donors (Lipinski definition) is 0. The van der Waals surface area contributed by atoms with Crippen LogP contribution in [0.5, 0.6) is 0 Å². The molecule has 0 rings (SSSR count). The van der Waals surface area contributed by atoms with Crippen molar-refractivity contribution < 1.29 is 26.3 Å². The molecule has 0 aliphatic carbocycles. The molecule has 0 saturated heterocycles. The van der Waals surface area contributed by atoms with Gasteiger partial charge < -0.3 is 0 Å². The van der Waals surface area contributed by atoms with Gasteiger partial charge in [-0.15, -0.1) is 0 Å². The van der Waals surface area contributed by atoms with Gasteiger partial charge in [-0.05, 0) is 0 Å². The fourth-order valence-electron chi connectivity index (χ4n) is 4.83. The van der Waals surface area contributed by atoms with Gasteiger partial charge in [0.25, 0.3) is 0 Å². The molecule has 0 atom stereocenters. The van der Waals surface area contributed by atoms with E-state index in [2.05, 4.69) is 62.3 Å². The Morgan fingerprint density at radius 1 is 0.600 bits per heavy atom. The average Bonchev–Trinajstić information content (AvgIpc) is 2.19. The predicted molar refractivity (Wildman–Crippen MR) is 87.8 cm³/mol. The van der Waals surface area contributed by atoms with Crippen LogP contribution in [0.3, 0.4) is 0 Å². The first-order chi connectivity index (χ1) is 8.68. The summed E-state index contributed by atoms with van der Waals surface area (Å²) < 4.78 is 0. The summed E-state index contributed by atoms with van der Waals surface area (Å²) in [5.74, 6) is 0. The first-order valence-corrected chi connectivity index (χ1v) is 11.7. The SMILES string of the molecule is CC(C)(C)[PH](C(C)(C)C)(C(C)(C)C)[Ni]([CH]=O)([CH]=O)[CH]=O. The van der Waals surface area contributed by atoms with Crippen LogP contribution in [0.4, 0.5) is 0 Å². The van der Waals surface area contributed by atoms with Crippen molar-refractivity contribution in [2.24, 2.45) is 0 Å². The zero-order chi connectivity index (χ0) is 16.6. The van der Waals surface area contributed by atoms with Crippen molar-refractivity contribution in [1.29, 1.82) is 0 Å². The van der Waals surface area contributed by atoms with Gasteiger partial charge in [-0.25, -0.2) is 0 Å². The van der Waals surface area contributed by atoms with Crippen molar-refractivity contribution in [3.05, 3.63) is 0 Å². The Balaban J connectivity index is 7.04. The zero-order valence-electron chi connectivity index (χ0n) is 14.3. The molecule has 0 aliphatic heterocycles. The molecule has 0 aromatic carbocycles. The molecule has 0 amide bonds. The van der Waals surface area contributed by atoms with Crippen LogP contribution in [0.15, 0.2) is 0 Å². The molecular weight excluding hydrogens is 318 g/mol. The van der Waals surface area contributed by atoms with Crippen LogP contribution in [0.1, 0.15) is 62.3 Å². The summed E-state index contributed by atoms with van der Waals surface area (Å²) in [5.41, 5.74) is 0. The second-order valence-electron chi connectivity index (χ2n) is 8.18. The molecule has 0 N–H and O–H groups in total. The molecule has 20 heavy (non-hydrogen) atoms. The molecule has 0 spiro atoms. The molecule has 0 bridgehead atoms. The van der Waals surface area contributed by atoms with Crippen LogP contribution < -0.4 is 0 Å². The van der Waals surface area contributed by atoms with Gasteiger partial charge in [0.05, 0.1) is 0 Å². The minimum atomic E-state index is -2.72. The van der Waals surface area contributed by atoms with Crippen molar-refractivity contribution in [3.63, 3.8) is 0 Å². The first-order valence-electron chi connectivity index (χ1n) is 6.66. The maximum atomic E-state index is 11.9. The molecule has 0 unspecified atom stereocenters. The summed E-state index contributed by atoms with van der Waals surface area (Å²) >= 11 is -2.72. The van der Waals surface area contributed by atoms with Crippen molar-refractivity contribution in [2.45, 2.75) is 77.8 Å². The predicted octanol–water partition coefficient (Wildman–Crippen LogP) is 3.77. The van der Waals surface area contributed by atoms with E-state index in [-0.39, 0.29) is 15.5 Å².